The largest absolute Gasteiger partial charge is 0.304 e. The molecule has 25 heavy (non-hydrogen) atoms. The van der Waals surface area contributed by atoms with Gasteiger partial charge in [-0.1, -0.05) is 32.0 Å². The highest BCUT2D eigenvalue weighted by molar-refractivity contribution is 7.89. The molecular weight excluding hydrogens is 336 g/mol. The standard InChI is InChI=1S/C18H26N4O2S/c1-3-20(4-2)13-11-17-15-21(14-16-10-12-19-22(16)17)25(23,24)18-8-6-5-7-9-18/h5-10,12,17H,3-4,11,13-15H2,1-2H3. The summed E-state index contributed by atoms with van der Waals surface area (Å²) in [6, 6.07) is 10.7. The van der Waals surface area contributed by atoms with E-state index in [1.54, 1.807) is 34.8 Å². The Morgan fingerprint density at radius 3 is 2.56 bits per heavy atom. The van der Waals surface area contributed by atoms with Crippen LogP contribution in [0.15, 0.2) is 47.5 Å². The average molecular weight is 362 g/mol. The summed E-state index contributed by atoms with van der Waals surface area (Å²) in [5.41, 5.74) is 0.954. The third-order valence-electron chi connectivity index (χ3n) is 4.90. The molecule has 0 bridgehead atoms. The van der Waals surface area contributed by atoms with Crippen LogP contribution in [0.1, 0.15) is 32.0 Å². The Kier molecular flexibility index (Phi) is 5.56. The highest BCUT2D eigenvalue weighted by atomic mass is 32.2. The fraction of sp³-hybridized carbons (Fsp3) is 0.500. The van der Waals surface area contributed by atoms with Crippen LogP contribution >= 0.6 is 0 Å². The number of aromatic nitrogens is 2. The predicted octanol–water partition coefficient (Wildman–Crippen LogP) is 2.36. The van der Waals surface area contributed by atoms with Gasteiger partial charge in [-0.25, -0.2) is 8.42 Å². The topological polar surface area (TPSA) is 58.4 Å². The van der Waals surface area contributed by atoms with E-state index in [0.717, 1.165) is 31.7 Å². The lowest BCUT2D eigenvalue weighted by atomic mass is 10.1. The van der Waals surface area contributed by atoms with Crippen molar-refractivity contribution in [1.82, 2.24) is 19.0 Å². The number of rotatable bonds is 7. The van der Waals surface area contributed by atoms with Crippen molar-refractivity contribution in [3.8, 4) is 0 Å². The normalized spacial score (nSPS) is 18.4. The summed E-state index contributed by atoms with van der Waals surface area (Å²) in [4.78, 5) is 2.71. The molecule has 0 fully saturated rings. The maximum Gasteiger partial charge on any atom is 0.243 e. The second-order valence-electron chi connectivity index (χ2n) is 6.35. The van der Waals surface area contributed by atoms with Gasteiger partial charge in [0.25, 0.3) is 0 Å². The molecule has 1 atom stereocenters. The van der Waals surface area contributed by atoms with Crippen LogP contribution in [0.25, 0.3) is 0 Å². The molecule has 0 amide bonds. The molecule has 0 aliphatic carbocycles. The smallest absolute Gasteiger partial charge is 0.243 e. The van der Waals surface area contributed by atoms with Crippen LogP contribution in [0, 0.1) is 0 Å². The Balaban J connectivity index is 1.82. The molecule has 7 heteroatoms. The van der Waals surface area contributed by atoms with Crippen molar-refractivity contribution >= 4 is 10.0 Å². The van der Waals surface area contributed by atoms with E-state index in [-0.39, 0.29) is 6.04 Å². The van der Waals surface area contributed by atoms with E-state index in [1.807, 2.05) is 16.8 Å². The van der Waals surface area contributed by atoms with Crippen molar-refractivity contribution < 1.29 is 8.42 Å². The summed E-state index contributed by atoms with van der Waals surface area (Å²) in [7, 11) is -3.49. The maximum atomic E-state index is 13.0. The molecule has 1 aromatic heterocycles. The SMILES string of the molecule is CCN(CC)CCC1CN(S(=O)(=O)c2ccccc2)Cc2ccnn21. The van der Waals surface area contributed by atoms with Gasteiger partial charge in [-0.2, -0.15) is 9.40 Å². The minimum absolute atomic E-state index is 0.0674. The Morgan fingerprint density at radius 2 is 1.88 bits per heavy atom. The number of sulfonamides is 1. The van der Waals surface area contributed by atoms with Crippen molar-refractivity contribution in [1.29, 1.82) is 0 Å². The summed E-state index contributed by atoms with van der Waals surface area (Å²) in [5, 5.41) is 4.43. The lowest BCUT2D eigenvalue weighted by molar-refractivity contribution is 0.218. The van der Waals surface area contributed by atoms with Gasteiger partial charge >= 0.3 is 0 Å². The summed E-state index contributed by atoms with van der Waals surface area (Å²) in [6.07, 6.45) is 2.65. The van der Waals surface area contributed by atoms with Crippen molar-refractivity contribution in [3.63, 3.8) is 0 Å². The number of hydrogen-bond donors (Lipinski definition) is 0. The van der Waals surface area contributed by atoms with Gasteiger partial charge in [0.05, 0.1) is 23.2 Å². The summed E-state index contributed by atoms with van der Waals surface area (Å²) in [5.74, 6) is 0. The molecule has 0 radical (unpaired) electrons. The van der Waals surface area contributed by atoms with E-state index < -0.39 is 10.0 Å². The lowest BCUT2D eigenvalue weighted by Gasteiger charge is -2.34. The molecule has 0 N–H and O–H groups in total. The highest BCUT2D eigenvalue weighted by Crippen LogP contribution is 2.28. The van der Waals surface area contributed by atoms with E-state index in [4.69, 9.17) is 0 Å². The Bertz CT molecular complexity index is 784. The molecule has 136 valence electrons. The van der Waals surface area contributed by atoms with Gasteiger partial charge in [0.1, 0.15) is 0 Å². The van der Waals surface area contributed by atoms with Crippen molar-refractivity contribution in [2.24, 2.45) is 0 Å². The van der Waals surface area contributed by atoms with E-state index >= 15 is 0 Å². The second-order valence-corrected chi connectivity index (χ2v) is 8.29. The first-order chi connectivity index (χ1) is 12.1. The van der Waals surface area contributed by atoms with E-state index in [0.29, 0.717) is 18.0 Å². The van der Waals surface area contributed by atoms with E-state index in [9.17, 15) is 8.42 Å². The van der Waals surface area contributed by atoms with Crippen LogP contribution in [0.3, 0.4) is 0 Å². The molecule has 1 unspecified atom stereocenters. The summed E-state index contributed by atoms with van der Waals surface area (Å²) < 4.78 is 29.6. The molecule has 3 rings (SSSR count). The molecule has 1 aliphatic heterocycles. The van der Waals surface area contributed by atoms with Crippen LogP contribution in [-0.2, 0) is 16.6 Å². The van der Waals surface area contributed by atoms with Crippen LogP contribution in [0.5, 0.6) is 0 Å². The number of fused-ring (bicyclic) bond motifs is 1. The Labute approximate surface area is 150 Å². The Morgan fingerprint density at radius 1 is 1.16 bits per heavy atom. The molecule has 6 nitrogen and oxygen atoms in total. The molecule has 0 spiro atoms. The zero-order valence-corrected chi connectivity index (χ0v) is 15.7. The van der Waals surface area contributed by atoms with Crippen molar-refractivity contribution in [2.75, 3.05) is 26.2 Å². The zero-order chi connectivity index (χ0) is 17.9. The third kappa shape index (κ3) is 3.78. The van der Waals surface area contributed by atoms with Gasteiger partial charge in [0.2, 0.25) is 10.0 Å². The fourth-order valence-electron chi connectivity index (χ4n) is 3.36. The van der Waals surface area contributed by atoms with Gasteiger partial charge < -0.3 is 4.90 Å². The van der Waals surface area contributed by atoms with Gasteiger partial charge in [-0.05, 0) is 37.7 Å². The molecule has 2 heterocycles. The third-order valence-corrected chi connectivity index (χ3v) is 6.73. The molecular formula is C18H26N4O2S. The minimum Gasteiger partial charge on any atom is -0.304 e. The lowest BCUT2D eigenvalue weighted by Crippen LogP contribution is -2.42. The average Bonchev–Trinajstić information content (AvgIpc) is 3.12. The summed E-state index contributed by atoms with van der Waals surface area (Å²) in [6.45, 7) is 8.08. The van der Waals surface area contributed by atoms with Crippen molar-refractivity contribution in [3.05, 3.63) is 48.3 Å². The number of nitrogens with zero attached hydrogens (tertiary/aromatic N) is 4. The summed E-state index contributed by atoms with van der Waals surface area (Å²) >= 11 is 0. The quantitative estimate of drug-likeness (QED) is 0.759. The van der Waals surface area contributed by atoms with Gasteiger partial charge in [-0.3, -0.25) is 4.68 Å². The molecule has 1 aromatic carbocycles. The molecule has 2 aromatic rings. The van der Waals surface area contributed by atoms with Crippen LogP contribution < -0.4 is 0 Å². The number of benzene rings is 1. The monoisotopic (exact) mass is 362 g/mol. The van der Waals surface area contributed by atoms with Gasteiger partial charge in [0.15, 0.2) is 0 Å². The van der Waals surface area contributed by atoms with E-state index in [2.05, 4.69) is 23.8 Å². The highest BCUT2D eigenvalue weighted by Gasteiger charge is 2.33. The second kappa shape index (κ2) is 7.68. The first-order valence-corrected chi connectivity index (χ1v) is 10.3. The Hall–Kier alpha value is -1.70. The molecule has 0 saturated heterocycles. The van der Waals surface area contributed by atoms with E-state index in [1.165, 1.54) is 0 Å². The van der Waals surface area contributed by atoms with Crippen LogP contribution in [-0.4, -0.2) is 53.6 Å². The van der Waals surface area contributed by atoms with Crippen LogP contribution in [0.2, 0.25) is 0 Å². The molecule has 0 saturated carbocycles. The first-order valence-electron chi connectivity index (χ1n) is 8.86. The molecule has 1 aliphatic rings. The first kappa shape index (κ1) is 18.1. The zero-order valence-electron chi connectivity index (χ0n) is 14.9. The van der Waals surface area contributed by atoms with Gasteiger partial charge in [-0.15, -0.1) is 0 Å². The fourth-order valence-corrected chi connectivity index (χ4v) is 4.83. The predicted molar refractivity (Wildman–Crippen MR) is 97.7 cm³/mol. The van der Waals surface area contributed by atoms with Crippen LogP contribution in [0.4, 0.5) is 0 Å². The number of hydrogen-bond acceptors (Lipinski definition) is 4. The van der Waals surface area contributed by atoms with Gasteiger partial charge in [0, 0.05) is 19.3 Å². The maximum absolute atomic E-state index is 13.0. The van der Waals surface area contributed by atoms with Crippen molar-refractivity contribution in [2.45, 2.75) is 37.8 Å². The minimum atomic E-state index is -3.49.